The van der Waals surface area contributed by atoms with E-state index in [1.807, 2.05) is 20.8 Å². The van der Waals surface area contributed by atoms with Crippen LogP contribution in [-0.2, 0) is 27.3 Å². The Morgan fingerprint density at radius 1 is 1.36 bits per heavy atom. The summed E-state index contributed by atoms with van der Waals surface area (Å²) in [5.74, 6) is -0.774. The first-order chi connectivity index (χ1) is 11.9. The van der Waals surface area contributed by atoms with E-state index in [1.165, 1.54) is 6.92 Å². The molecule has 0 aromatic heterocycles. The molecule has 1 N–H and O–H groups in total. The lowest BCUT2D eigenvalue weighted by Crippen LogP contribution is -2.15. The maximum atomic E-state index is 12.1. The second-order valence-corrected chi connectivity index (χ2v) is 6.75. The van der Waals surface area contributed by atoms with Crippen molar-refractivity contribution in [2.75, 3.05) is 0 Å². The first-order valence-corrected chi connectivity index (χ1v) is 8.78. The molecular weight excluding hydrogens is 320 g/mol. The second kappa shape index (κ2) is 6.54. The van der Waals surface area contributed by atoms with Gasteiger partial charge in [-0.05, 0) is 61.8 Å². The molecule has 134 valence electrons. The van der Waals surface area contributed by atoms with Crippen LogP contribution in [0.25, 0.3) is 5.57 Å². The van der Waals surface area contributed by atoms with Crippen molar-refractivity contribution in [1.82, 2.24) is 0 Å². The van der Waals surface area contributed by atoms with Gasteiger partial charge >= 0.3 is 11.9 Å². The molecule has 5 nitrogen and oxygen atoms in total. The minimum absolute atomic E-state index is 0.00146. The van der Waals surface area contributed by atoms with Gasteiger partial charge in [0.15, 0.2) is 0 Å². The summed E-state index contributed by atoms with van der Waals surface area (Å²) in [6.07, 6.45) is 3.05. The molecule has 0 spiro atoms. The molecule has 0 amide bonds. The third-order valence-electron chi connectivity index (χ3n) is 5.35. The van der Waals surface area contributed by atoms with Gasteiger partial charge in [-0.1, -0.05) is 6.92 Å². The number of benzene rings is 1. The first-order valence-electron chi connectivity index (χ1n) is 8.78. The van der Waals surface area contributed by atoms with Gasteiger partial charge in [-0.25, -0.2) is 4.79 Å². The lowest BCUT2D eigenvalue weighted by Gasteiger charge is -2.21. The summed E-state index contributed by atoms with van der Waals surface area (Å²) < 4.78 is 10.6. The van der Waals surface area contributed by atoms with Crippen LogP contribution in [0, 0.1) is 6.92 Å². The van der Waals surface area contributed by atoms with Crippen LogP contribution in [0.1, 0.15) is 72.6 Å². The number of allylic oxidation sites excluding steroid dienone is 1. The molecular formula is C20H24O5. The van der Waals surface area contributed by atoms with Gasteiger partial charge in [0.1, 0.15) is 24.0 Å². The lowest BCUT2D eigenvalue weighted by atomic mass is 9.85. The van der Waals surface area contributed by atoms with Crippen molar-refractivity contribution >= 4 is 17.5 Å². The van der Waals surface area contributed by atoms with E-state index in [9.17, 15) is 14.7 Å². The predicted octanol–water partition coefficient (Wildman–Crippen LogP) is 3.82. The largest absolute Gasteiger partial charge is 0.506 e. The molecule has 25 heavy (non-hydrogen) atoms. The Bertz CT molecular complexity index is 788. The average molecular weight is 344 g/mol. The van der Waals surface area contributed by atoms with Crippen LogP contribution >= 0.6 is 0 Å². The first kappa shape index (κ1) is 17.5. The molecule has 3 rings (SSSR count). The zero-order valence-electron chi connectivity index (χ0n) is 15.2. The third-order valence-corrected chi connectivity index (χ3v) is 5.35. The molecule has 1 saturated carbocycles. The van der Waals surface area contributed by atoms with Crippen molar-refractivity contribution in [3.8, 4) is 5.75 Å². The number of aromatic hydroxyl groups is 1. The molecule has 1 aromatic carbocycles. The fourth-order valence-corrected chi connectivity index (χ4v) is 4.16. The molecule has 5 heteroatoms. The molecule has 1 aliphatic heterocycles. The molecule has 0 saturated heterocycles. The lowest BCUT2D eigenvalue weighted by molar-refractivity contribution is -0.144. The Morgan fingerprint density at radius 3 is 2.72 bits per heavy atom. The number of ether oxygens (including phenoxy) is 2. The Hall–Kier alpha value is -2.30. The van der Waals surface area contributed by atoms with Crippen molar-refractivity contribution in [3.05, 3.63) is 33.4 Å². The Labute approximate surface area is 147 Å². The molecule has 1 fully saturated rings. The molecule has 2 aliphatic rings. The van der Waals surface area contributed by atoms with Gasteiger partial charge in [0.25, 0.3) is 0 Å². The van der Waals surface area contributed by atoms with Crippen molar-refractivity contribution in [2.45, 2.75) is 66.1 Å². The summed E-state index contributed by atoms with van der Waals surface area (Å²) in [5.41, 5.74) is 5.72. The Kier molecular flexibility index (Phi) is 4.58. The normalized spacial score (nSPS) is 21.1. The molecule has 0 unspecified atom stereocenters. The van der Waals surface area contributed by atoms with E-state index in [4.69, 9.17) is 9.47 Å². The molecule has 1 aromatic rings. The van der Waals surface area contributed by atoms with Crippen molar-refractivity contribution in [3.63, 3.8) is 0 Å². The number of hydrogen-bond acceptors (Lipinski definition) is 5. The van der Waals surface area contributed by atoms with E-state index in [-0.39, 0.29) is 30.0 Å². The van der Waals surface area contributed by atoms with E-state index in [0.29, 0.717) is 5.56 Å². The van der Waals surface area contributed by atoms with E-state index >= 15 is 0 Å². The smallest absolute Gasteiger partial charge is 0.342 e. The quantitative estimate of drug-likeness (QED) is 0.844. The molecule has 0 radical (unpaired) electrons. The fourth-order valence-electron chi connectivity index (χ4n) is 4.16. The summed E-state index contributed by atoms with van der Waals surface area (Å²) in [6.45, 7) is 7.57. The zero-order chi connectivity index (χ0) is 18.3. The Morgan fingerprint density at radius 2 is 2.08 bits per heavy atom. The van der Waals surface area contributed by atoms with Crippen LogP contribution in [-0.4, -0.2) is 23.1 Å². The molecule has 1 atom stereocenters. The minimum Gasteiger partial charge on any atom is -0.506 e. The summed E-state index contributed by atoms with van der Waals surface area (Å²) >= 11 is 0. The highest BCUT2D eigenvalue weighted by Crippen LogP contribution is 2.44. The van der Waals surface area contributed by atoms with Gasteiger partial charge in [0.05, 0.1) is 0 Å². The van der Waals surface area contributed by atoms with Crippen LogP contribution < -0.4 is 0 Å². The van der Waals surface area contributed by atoms with Crippen molar-refractivity contribution in [2.24, 2.45) is 0 Å². The second-order valence-electron chi connectivity index (χ2n) is 6.75. The maximum absolute atomic E-state index is 12.1. The van der Waals surface area contributed by atoms with E-state index in [2.05, 4.69) is 0 Å². The summed E-state index contributed by atoms with van der Waals surface area (Å²) in [7, 11) is 0. The highest BCUT2D eigenvalue weighted by molar-refractivity contribution is 5.99. The summed E-state index contributed by atoms with van der Waals surface area (Å²) in [6, 6.07) is 0. The number of hydrogen-bond donors (Lipinski definition) is 1. The van der Waals surface area contributed by atoms with E-state index < -0.39 is 5.97 Å². The monoisotopic (exact) mass is 344 g/mol. The van der Waals surface area contributed by atoms with Crippen molar-refractivity contribution in [1.29, 1.82) is 0 Å². The number of cyclic esters (lactones) is 1. The average Bonchev–Trinajstić information content (AvgIpc) is 3.16. The number of carbonyl (C=O) groups excluding carboxylic acids is 2. The number of phenols is 1. The predicted molar refractivity (Wildman–Crippen MR) is 93.3 cm³/mol. The number of fused-ring (bicyclic) bond motifs is 1. The van der Waals surface area contributed by atoms with Crippen molar-refractivity contribution < 1.29 is 24.2 Å². The van der Waals surface area contributed by atoms with Gasteiger partial charge in [0, 0.05) is 18.1 Å². The third kappa shape index (κ3) is 2.81. The highest BCUT2D eigenvalue weighted by Gasteiger charge is 2.33. The Balaban J connectivity index is 2.21. The SMILES string of the molecule is CCc1c(C)c2c(c(O)c1C(C)=C1CCC[C@@H]1OC(C)=O)C(=O)OC2. The van der Waals surface area contributed by atoms with Crippen LogP contribution in [0.5, 0.6) is 5.75 Å². The maximum Gasteiger partial charge on any atom is 0.342 e. The molecule has 0 bridgehead atoms. The van der Waals surface area contributed by atoms with Gasteiger partial charge < -0.3 is 14.6 Å². The van der Waals surface area contributed by atoms with Crippen LogP contribution in [0.15, 0.2) is 5.57 Å². The van der Waals surface area contributed by atoms with Gasteiger partial charge in [-0.3, -0.25) is 4.79 Å². The highest BCUT2D eigenvalue weighted by atomic mass is 16.5. The topological polar surface area (TPSA) is 72.8 Å². The number of carbonyl (C=O) groups is 2. The number of esters is 2. The van der Waals surface area contributed by atoms with E-state index in [1.54, 1.807) is 0 Å². The minimum atomic E-state index is -0.472. The summed E-state index contributed by atoms with van der Waals surface area (Å²) in [4.78, 5) is 23.5. The van der Waals surface area contributed by atoms with Crippen LogP contribution in [0.4, 0.5) is 0 Å². The van der Waals surface area contributed by atoms with Gasteiger partial charge in [-0.2, -0.15) is 0 Å². The fraction of sp³-hybridized carbons (Fsp3) is 0.500. The zero-order valence-corrected chi connectivity index (χ0v) is 15.2. The number of phenolic OH excluding ortho intramolecular Hbond substituents is 1. The van der Waals surface area contributed by atoms with Crippen LogP contribution in [0.2, 0.25) is 0 Å². The number of rotatable bonds is 3. The van der Waals surface area contributed by atoms with E-state index in [0.717, 1.165) is 53.5 Å². The molecule has 1 heterocycles. The molecule has 1 aliphatic carbocycles. The van der Waals surface area contributed by atoms with Gasteiger partial charge in [-0.15, -0.1) is 0 Å². The summed E-state index contributed by atoms with van der Waals surface area (Å²) in [5, 5.41) is 10.9. The standard InChI is InChI=1S/C20H24O5/c1-5-13-10(2)15-9-24-20(23)18(15)19(22)17(13)11(3)14-7-6-8-16(14)25-12(4)21/h16,22H,5-9H2,1-4H3/t16-/m0/s1. The van der Waals surface area contributed by atoms with Gasteiger partial charge in [0.2, 0.25) is 0 Å². The van der Waals surface area contributed by atoms with Crippen LogP contribution in [0.3, 0.4) is 0 Å².